The molecule has 9 heteroatoms. The second kappa shape index (κ2) is 8.80. The Morgan fingerprint density at radius 1 is 1.43 bits per heavy atom. The summed E-state index contributed by atoms with van der Waals surface area (Å²) in [6, 6.07) is 2.72. The highest BCUT2D eigenvalue weighted by atomic mass is 32.2. The van der Waals surface area contributed by atoms with Crippen LogP contribution in [0.1, 0.15) is 52.7 Å². The third-order valence-electron chi connectivity index (χ3n) is 5.95. The molecule has 3 heterocycles. The van der Waals surface area contributed by atoms with Gasteiger partial charge >= 0.3 is 0 Å². The smallest absolute Gasteiger partial charge is 0.247 e. The van der Waals surface area contributed by atoms with Crippen LogP contribution in [-0.2, 0) is 19.6 Å². The van der Waals surface area contributed by atoms with Crippen LogP contribution in [0.5, 0.6) is 0 Å². The van der Waals surface area contributed by atoms with Gasteiger partial charge in [0.15, 0.2) is 0 Å². The molecule has 0 bridgehead atoms. The van der Waals surface area contributed by atoms with Crippen LogP contribution in [-0.4, -0.2) is 67.5 Å². The molecule has 0 spiro atoms. The highest BCUT2D eigenvalue weighted by Crippen LogP contribution is 2.32. The number of rotatable bonds is 7. The van der Waals surface area contributed by atoms with E-state index in [9.17, 15) is 13.2 Å². The van der Waals surface area contributed by atoms with Gasteiger partial charge in [0.1, 0.15) is 16.8 Å². The first-order valence-corrected chi connectivity index (χ1v) is 12.2. The lowest BCUT2D eigenvalue weighted by Crippen LogP contribution is -2.54. The Balaban J connectivity index is 1.93. The van der Waals surface area contributed by atoms with Gasteiger partial charge in [-0.25, -0.2) is 13.4 Å². The van der Waals surface area contributed by atoms with Crippen molar-refractivity contribution >= 4 is 21.7 Å². The van der Waals surface area contributed by atoms with Gasteiger partial charge in [-0.05, 0) is 66.0 Å². The summed E-state index contributed by atoms with van der Waals surface area (Å²) < 4.78 is 34.2. The molecule has 0 unspecified atom stereocenters. The Morgan fingerprint density at radius 3 is 2.77 bits per heavy atom. The van der Waals surface area contributed by atoms with Gasteiger partial charge in [0.05, 0.1) is 12.1 Å². The van der Waals surface area contributed by atoms with Gasteiger partial charge < -0.3 is 15.0 Å². The number of carbonyl (C=O) groups excluding carboxylic acids is 1. The van der Waals surface area contributed by atoms with E-state index in [0.29, 0.717) is 45.0 Å². The lowest BCUT2D eigenvalue weighted by Gasteiger charge is -2.31. The van der Waals surface area contributed by atoms with Crippen LogP contribution in [0.4, 0.5) is 5.82 Å². The van der Waals surface area contributed by atoms with E-state index < -0.39 is 21.6 Å². The molecule has 2 atom stereocenters. The van der Waals surface area contributed by atoms with Crippen molar-refractivity contribution in [3.63, 3.8) is 0 Å². The molecule has 8 nitrogen and oxygen atoms in total. The molecule has 0 saturated carbocycles. The van der Waals surface area contributed by atoms with E-state index in [-0.39, 0.29) is 16.8 Å². The fourth-order valence-corrected chi connectivity index (χ4v) is 6.05. The first-order chi connectivity index (χ1) is 14.1. The van der Waals surface area contributed by atoms with Gasteiger partial charge in [0.25, 0.3) is 0 Å². The topological polar surface area (TPSA) is 91.8 Å². The molecule has 2 fully saturated rings. The van der Waals surface area contributed by atoms with Crippen LogP contribution >= 0.6 is 0 Å². The SMILES string of the molecule is CCN(c1nc(C)ccc1S(=O)(=O)N1CCC[C@H]1C(=O)N[C@]1(C)CCOC1)C(C)C. The maximum atomic E-state index is 13.7. The molecule has 1 aromatic heterocycles. The fraction of sp³-hybridized carbons (Fsp3) is 0.714. The largest absolute Gasteiger partial charge is 0.379 e. The monoisotopic (exact) mass is 438 g/mol. The van der Waals surface area contributed by atoms with Gasteiger partial charge in [-0.3, -0.25) is 4.79 Å². The first-order valence-electron chi connectivity index (χ1n) is 10.7. The van der Waals surface area contributed by atoms with Crippen LogP contribution in [0.25, 0.3) is 0 Å². The molecule has 1 amide bonds. The van der Waals surface area contributed by atoms with Crippen molar-refractivity contribution < 1.29 is 17.9 Å². The number of hydrogen-bond acceptors (Lipinski definition) is 6. The van der Waals surface area contributed by atoms with Crippen LogP contribution in [0.15, 0.2) is 17.0 Å². The molecular weight excluding hydrogens is 404 g/mol. The summed E-state index contributed by atoms with van der Waals surface area (Å²) in [5, 5.41) is 3.03. The van der Waals surface area contributed by atoms with Crippen molar-refractivity contribution in [1.82, 2.24) is 14.6 Å². The van der Waals surface area contributed by atoms with E-state index in [0.717, 1.165) is 12.1 Å². The van der Waals surface area contributed by atoms with Crippen LogP contribution in [0.2, 0.25) is 0 Å². The lowest BCUT2D eigenvalue weighted by molar-refractivity contribution is -0.126. The number of ether oxygens (including phenoxy) is 1. The minimum absolute atomic E-state index is 0.0956. The zero-order valence-electron chi connectivity index (χ0n) is 18.6. The van der Waals surface area contributed by atoms with Crippen molar-refractivity contribution in [2.75, 3.05) is 31.2 Å². The molecule has 3 rings (SSSR count). The predicted molar refractivity (Wildman–Crippen MR) is 116 cm³/mol. The van der Waals surface area contributed by atoms with E-state index in [2.05, 4.69) is 10.3 Å². The zero-order valence-corrected chi connectivity index (χ0v) is 19.5. The summed E-state index contributed by atoms with van der Waals surface area (Å²) in [4.78, 5) is 19.7. The maximum Gasteiger partial charge on any atom is 0.247 e. The highest BCUT2D eigenvalue weighted by Gasteiger charge is 2.43. The molecular formula is C21H34N4O4S. The van der Waals surface area contributed by atoms with Gasteiger partial charge in [0, 0.05) is 31.4 Å². The first kappa shape index (κ1) is 23.0. The second-order valence-electron chi connectivity index (χ2n) is 8.78. The van der Waals surface area contributed by atoms with E-state index in [1.54, 1.807) is 12.1 Å². The average Bonchev–Trinajstić information content (AvgIpc) is 3.31. The minimum Gasteiger partial charge on any atom is -0.379 e. The third-order valence-corrected chi connectivity index (χ3v) is 7.88. The molecule has 30 heavy (non-hydrogen) atoms. The van der Waals surface area contributed by atoms with Gasteiger partial charge in [0.2, 0.25) is 15.9 Å². The van der Waals surface area contributed by atoms with E-state index >= 15 is 0 Å². The number of pyridine rings is 1. The molecule has 1 aromatic rings. The number of aromatic nitrogens is 1. The van der Waals surface area contributed by atoms with Crippen LogP contribution in [0.3, 0.4) is 0 Å². The number of aryl methyl sites for hydroxylation is 1. The predicted octanol–water partition coefficient (Wildman–Crippen LogP) is 2.07. The van der Waals surface area contributed by atoms with E-state index in [4.69, 9.17) is 4.74 Å². The van der Waals surface area contributed by atoms with Crippen molar-refractivity contribution in [3.05, 3.63) is 17.8 Å². The highest BCUT2D eigenvalue weighted by molar-refractivity contribution is 7.89. The minimum atomic E-state index is -3.89. The molecule has 0 radical (unpaired) electrons. The summed E-state index contributed by atoms with van der Waals surface area (Å²) in [6.45, 7) is 11.8. The number of hydrogen-bond donors (Lipinski definition) is 1. The van der Waals surface area contributed by atoms with Crippen molar-refractivity contribution in [3.8, 4) is 0 Å². The summed E-state index contributed by atoms with van der Waals surface area (Å²) in [5.74, 6) is 0.205. The Morgan fingerprint density at radius 2 is 2.17 bits per heavy atom. The summed E-state index contributed by atoms with van der Waals surface area (Å²) >= 11 is 0. The Kier molecular flexibility index (Phi) is 6.74. The molecule has 2 aliphatic rings. The quantitative estimate of drug-likeness (QED) is 0.701. The summed E-state index contributed by atoms with van der Waals surface area (Å²) in [5.41, 5.74) is 0.315. The molecule has 0 aromatic carbocycles. The van der Waals surface area contributed by atoms with Crippen LogP contribution in [0, 0.1) is 6.92 Å². The number of anilines is 1. The third kappa shape index (κ3) is 4.48. The number of nitrogens with one attached hydrogen (secondary N) is 1. The number of sulfonamides is 1. The van der Waals surface area contributed by atoms with Crippen molar-refractivity contribution in [2.24, 2.45) is 0 Å². The molecule has 1 N–H and O–H groups in total. The van der Waals surface area contributed by atoms with E-state index in [1.165, 1.54) is 4.31 Å². The number of nitrogens with zero attached hydrogens (tertiary/aromatic N) is 3. The fourth-order valence-electron chi connectivity index (χ4n) is 4.26. The summed E-state index contributed by atoms with van der Waals surface area (Å²) in [7, 11) is -3.89. The number of amides is 1. The van der Waals surface area contributed by atoms with Crippen LogP contribution < -0.4 is 10.2 Å². The molecule has 2 aliphatic heterocycles. The van der Waals surface area contributed by atoms with Gasteiger partial charge in [-0.2, -0.15) is 4.31 Å². The molecule has 2 saturated heterocycles. The van der Waals surface area contributed by atoms with Crippen molar-refractivity contribution in [1.29, 1.82) is 0 Å². The van der Waals surface area contributed by atoms with Crippen molar-refractivity contribution in [2.45, 2.75) is 76.4 Å². The van der Waals surface area contributed by atoms with Gasteiger partial charge in [-0.15, -0.1) is 0 Å². The number of carbonyl (C=O) groups is 1. The Hall–Kier alpha value is -1.71. The molecule has 168 valence electrons. The molecule has 0 aliphatic carbocycles. The van der Waals surface area contributed by atoms with E-state index in [1.807, 2.05) is 39.5 Å². The average molecular weight is 439 g/mol. The Bertz CT molecular complexity index is 881. The normalized spacial score (nSPS) is 25.1. The Labute approximate surface area is 180 Å². The van der Waals surface area contributed by atoms with Gasteiger partial charge in [-0.1, -0.05) is 0 Å². The second-order valence-corrected chi connectivity index (χ2v) is 10.6. The standard InChI is InChI=1S/C21H34N4O4S/c1-6-24(15(2)3)19-18(10-9-16(4)22-19)30(27,28)25-12-7-8-17(25)20(26)23-21(5)11-13-29-14-21/h9-10,15,17H,6-8,11-14H2,1-5H3,(H,23,26)/t17-,21+/m0/s1. The zero-order chi connectivity index (χ0) is 22.1. The summed E-state index contributed by atoms with van der Waals surface area (Å²) in [6.07, 6.45) is 1.89. The maximum absolute atomic E-state index is 13.7. The lowest BCUT2D eigenvalue weighted by atomic mass is 10.0.